The summed E-state index contributed by atoms with van der Waals surface area (Å²) in [5.74, 6) is 1.46. The molecule has 0 atom stereocenters. The summed E-state index contributed by atoms with van der Waals surface area (Å²) < 4.78 is 16.0. The number of unbranched alkanes of at least 4 members (excludes halogenated alkanes) is 2. The summed E-state index contributed by atoms with van der Waals surface area (Å²) in [5, 5.41) is 8.54. The summed E-state index contributed by atoms with van der Waals surface area (Å²) in [7, 11) is 0. The van der Waals surface area contributed by atoms with Gasteiger partial charge in [-0.3, -0.25) is 0 Å². The maximum atomic E-state index is 11.1. The Morgan fingerprint density at radius 2 is 0.913 bits per heavy atom. The molecule has 4 aromatic rings. The summed E-state index contributed by atoms with van der Waals surface area (Å²) >= 11 is 0. The average Bonchev–Trinajstić information content (AvgIpc) is 3.04. The first kappa shape index (κ1) is 41.6. The highest BCUT2D eigenvalue weighted by Gasteiger charge is 2.02. The Kier molecular flexibility index (Phi) is 24.4. The molecule has 0 radical (unpaired) electrons. The van der Waals surface area contributed by atoms with Crippen molar-refractivity contribution >= 4 is 5.97 Å². The van der Waals surface area contributed by atoms with Crippen LogP contribution in [0.3, 0.4) is 0 Å². The Labute approximate surface area is 277 Å². The number of aliphatic hydroxyl groups excluding tert-OH is 1. The zero-order valence-corrected chi connectivity index (χ0v) is 28.3. The van der Waals surface area contributed by atoms with E-state index < -0.39 is 0 Å². The average molecular weight is 631 g/mol. The van der Waals surface area contributed by atoms with Gasteiger partial charge in [-0.2, -0.15) is 0 Å². The molecule has 46 heavy (non-hydrogen) atoms. The van der Waals surface area contributed by atoms with Gasteiger partial charge in [-0.25, -0.2) is 4.79 Å². The molecule has 0 fully saturated rings. The molecular weight excluding hydrogens is 576 g/mol. The predicted molar refractivity (Wildman–Crippen MR) is 191 cm³/mol. The number of rotatable bonds is 12. The molecule has 0 aliphatic rings. The summed E-state index contributed by atoms with van der Waals surface area (Å²) in [6.07, 6.45) is 3.37. The molecule has 0 spiro atoms. The molecule has 0 heterocycles. The first-order chi connectivity index (χ1) is 21.7. The second kappa shape index (κ2) is 27.0. The van der Waals surface area contributed by atoms with Gasteiger partial charge in [-0.1, -0.05) is 114 Å². The third-order valence-electron chi connectivity index (χ3n) is 6.13. The molecule has 0 aliphatic heterocycles. The van der Waals surface area contributed by atoms with Crippen LogP contribution >= 0.6 is 0 Å². The second-order valence-electron chi connectivity index (χ2n) is 10.7. The molecule has 4 aromatic carbocycles. The first-order valence-electron chi connectivity index (χ1n) is 15.6. The van der Waals surface area contributed by atoms with Crippen molar-refractivity contribution in [3.63, 3.8) is 0 Å². The van der Waals surface area contributed by atoms with E-state index in [0.717, 1.165) is 37.2 Å². The normalized spacial score (nSPS) is 9.35. The van der Waals surface area contributed by atoms with Crippen LogP contribution in [0.5, 0.6) is 11.5 Å². The molecule has 0 amide bonds. The van der Waals surface area contributed by atoms with E-state index in [1.807, 2.05) is 91.9 Å². The quantitative estimate of drug-likeness (QED) is 0.0961. The van der Waals surface area contributed by atoms with Gasteiger partial charge in [0.2, 0.25) is 0 Å². The molecule has 3 N–H and O–H groups in total. The van der Waals surface area contributed by atoms with Gasteiger partial charge >= 0.3 is 5.97 Å². The molecule has 0 aromatic heterocycles. The Balaban J connectivity index is 0.000000628. The van der Waals surface area contributed by atoms with E-state index in [0.29, 0.717) is 25.4 Å². The number of hydrogen-bond acceptors (Lipinski definition) is 5. The zero-order valence-electron chi connectivity index (χ0n) is 28.3. The number of aliphatic hydroxyl groups is 1. The minimum atomic E-state index is -0.325. The Bertz CT molecular complexity index is 1250. The highest BCUT2D eigenvalue weighted by molar-refractivity contribution is 5.86. The lowest BCUT2D eigenvalue weighted by atomic mass is 10.2. The van der Waals surface area contributed by atoms with Crippen LogP contribution in [0.4, 0.5) is 0 Å². The summed E-state index contributed by atoms with van der Waals surface area (Å²) in [4.78, 5) is 11.1. The van der Waals surface area contributed by atoms with E-state index in [-0.39, 0.29) is 18.1 Å². The van der Waals surface area contributed by atoms with E-state index >= 15 is 0 Å². The minimum absolute atomic E-state index is 0. The molecule has 6 heteroatoms. The molecule has 0 unspecified atom stereocenters. The molecule has 250 valence electrons. The topological polar surface area (TPSA) is 96.5 Å². The molecule has 0 saturated carbocycles. The Morgan fingerprint density at radius 1 is 0.565 bits per heavy atom. The lowest BCUT2D eigenvalue weighted by Crippen LogP contribution is -2.07. The molecule has 4 rings (SSSR count). The van der Waals surface area contributed by atoms with Crippen molar-refractivity contribution in [1.29, 1.82) is 0 Å². The van der Waals surface area contributed by atoms with Crippen LogP contribution < -0.4 is 9.47 Å². The zero-order chi connectivity index (χ0) is 33.1. The standard InChI is InChI=1S/C15H20O3.C11H16O2.2C7H8.H2O/c1-12(2)15(16)18-11-5-4-10-17-14-8-6-13(3)7-9-14;1-10-4-6-11(7-5-10)13-9-3-2-8-12;2*1-7-5-3-2-4-6-7;/h6-9H,1,4-5,10-11H2,2-3H3;4-7,12H,2-3,8-9H2,1H3;2*2-6H,1H3;1H2. The van der Waals surface area contributed by atoms with Crippen molar-refractivity contribution in [3.05, 3.63) is 144 Å². The van der Waals surface area contributed by atoms with Crippen LogP contribution in [0, 0.1) is 27.7 Å². The number of esters is 1. The number of carbonyl (C=O) groups is 1. The Hall–Kier alpha value is -4.39. The first-order valence-corrected chi connectivity index (χ1v) is 15.6. The minimum Gasteiger partial charge on any atom is -0.494 e. The van der Waals surface area contributed by atoms with Gasteiger partial charge in [0.15, 0.2) is 0 Å². The van der Waals surface area contributed by atoms with Crippen molar-refractivity contribution in [2.24, 2.45) is 0 Å². The van der Waals surface area contributed by atoms with Gasteiger partial charge in [0.1, 0.15) is 11.5 Å². The number of hydrogen-bond donors (Lipinski definition) is 1. The molecule has 0 aliphatic carbocycles. The molecule has 6 nitrogen and oxygen atoms in total. The smallest absolute Gasteiger partial charge is 0.333 e. The largest absolute Gasteiger partial charge is 0.494 e. The summed E-state index contributed by atoms with van der Waals surface area (Å²) in [6, 6.07) is 36.5. The third-order valence-corrected chi connectivity index (χ3v) is 6.13. The second-order valence-corrected chi connectivity index (χ2v) is 10.7. The van der Waals surface area contributed by atoms with Gasteiger partial charge in [0.05, 0.1) is 19.8 Å². The summed E-state index contributed by atoms with van der Waals surface area (Å²) in [5.41, 5.74) is 5.53. The van der Waals surface area contributed by atoms with Crippen LogP contribution in [0.25, 0.3) is 0 Å². The third kappa shape index (κ3) is 23.1. The maximum Gasteiger partial charge on any atom is 0.333 e. The van der Waals surface area contributed by atoms with Gasteiger partial charge in [0, 0.05) is 12.2 Å². The van der Waals surface area contributed by atoms with E-state index in [1.165, 1.54) is 22.3 Å². The van der Waals surface area contributed by atoms with Crippen LogP contribution in [-0.4, -0.2) is 43.0 Å². The fourth-order valence-corrected chi connectivity index (χ4v) is 3.42. The number of aryl methyl sites for hydroxylation is 4. The maximum absolute atomic E-state index is 11.1. The summed E-state index contributed by atoms with van der Waals surface area (Å²) in [6.45, 7) is 15.4. The number of benzene rings is 4. The van der Waals surface area contributed by atoms with Crippen LogP contribution in [0.2, 0.25) is 0 Å². The van der Waals surface area contributed by atoms with Crippen LogP contribution in [0.15, 0.2) is 121 Å². The monoisotopic (exact) mass is 630 g/mol. The molecular formula is C40H54O6. The van der Waals surface area contributed by atoms with Crippen molar-refractivity contribution in [2.75, 3.05) is 26.4 Å². The van der Waals surface area contributed by atoms with Gasteiger partial charge < -0.3 is 24.8 Å². The molecule has 0 saturated heterocycles. The van der Waals surface area contributed by atoms with Gasteiger partial charge in [-0.15, -0.1) is 0 Å². The van der Waals surface area contributed by atoms with Crippen molar-refractivity contribution in [2.45, 2.75) is 60.3 Å². The van der Waals surface area contributed by atoms with Crippen molar-refractivity contribution in [3.8, 4) is 11.5 Å². The van der Waals surface area contributed by atoms with Crippen molar-refractivity contribution < 1.29 is 29.6 Å². The highest BCUT2D eigenvalue weighted by atomic mass is 16.5. The fourth-order valence-electron chi connectivity index (χ4n) is 3.42. The van der Waals surface area contributed by atoms with E-state index in [1.54, 1.807) is 6.92 Å². The van der Waals surface area contributed by atoms with Crippen LogP contribution in [-0.2, 0) is 9.53 Å². The molecule has 0 bridgehead atoms. The lowest BCUT2D eigenvalue weighted by molar-refractivity contribution is -0.139. The number of carbonyl (C=O) groups excluding carboxylic acids is 1. The number of ether oxygens (including phenoxy) is 3. The van der Waals surface area contributed by atoms with Crippen LogP contribution in [0.1, 0.15) is 54.9 Å². The highest BCUT2D eigenvalue weighted by Crippen LogP contribution is 2.12. The Morgan fingerprint density at radius 3 is 1.24 bits per heavy atom. The van der Waals surface area contributed by atoms with Crippen molar-refractivity contribution in [1.82, 2.24) is 0 Å². The van der Waals surface area contributed by atoms with E-state index in [2.05, 4.69) is 51.6 Å². The van der Waals surface area contributed by atoms with E-state index in [4.69, 9.17) is 19.3 Å². The lowest BCUT2D eigenvalue weighted by Gasteiger charge is -2.07. The predicted octanol–water partition coefficient (Wildman–Crippen LogP) is 8.58. The SMILES string of the molecule is C=C(C)C(=O)OCCCCOc1ccc(C)cc1.Cc1ccc(OCCCCO)cc1.Cc1ccccc1.Cc1ccccc1.O. The van der Waals surface area contributed by atoms with E-state index in [9.17, 15) is 4.79 Å². The van der Waals surface area contributed by atoms with Gasteiger partial charge in [-0.05, 0) is 84.6 Å². The van der Waals surface area contributed by atoms with Gasteiger partial charge in [0.25, 0.3) is 0 Å². The fraction of sp³-hybridized carbons (Fsp3) is 0.325.